The molecule has 1 heterocycles. The van der Waals surface area contributed by atoms with Crippen LogP contribution >= 0.6 is 15.9 Å². The molecule has 0 unspecified atom stereocenters. The van der Waals surface area contributed by atoms with E-state index in [9.17, 15) is 8.42 Å². The minimum atomic E-state index is -3.51. The first-order valence-electron chi connectivity index (χ1n) is 6.03. The fraction of sp³-hybridized carbons (Fsp3) is 0.214. The molecular formula is C14H15BrN2O2S. The van der Waals surface area contributed by atoms with E-state index in [1.54, 1.807) is 50.5 Å². The third-order valence-corrected chi connectivity index (χ3v) is 5.39. The summed E-state index contributed by atoms with van der Waals surface area (Å²) in [6.45, 7) is 2.03. The Morgan fingerprint density at radius 1 is 1.25 bits per heavy atom. The fourth-order valence-electron chi connectivity index (χ4n) is 1.87. The normalized spacial score (nSPS) is 11.8. The van der Waals surface area contributed by atoms with Crippen molar-refractivity contribution in [2.75, 3.05) is 7.05 Å². The number of pyridine rings is 1. The van der Waals surface area contributed by atoms with Crippen LogP contribution in [0.5, 0.6) is 0 Å². The van der Waals surface area contributed by atoms with Gasteiger partial charge >= 0.3 is 0 Å². The molecule has 0 fully saturated rings. The van der Waals surface area contributed by atoms with E-state index in [1.807, 2.05) is 6.07 Å². The number of benzene rings is 1. The van der Waals surface area contributed by atoms with Crippen LogP contribution in [0.1, 0.15) is 11.3 Å². The quantitative estimate of drug-likeness (QED) is 0.847. The Morgan fingerprint density at radius 3 is 2.60 bits per heavy atom. The lowest BCUT2D eigenvalue weighted by atomic mass is 10.2. The lowest BCUT2D eigenvalue weighted by Gasteiger charge is -2.18. The predicted octanol–water partition coefficient (Wildman–Crippen LogP) is 2.97. The molecule has 0 saturated carbocycles. The van der Waals surface area contributed by atoms with E-state index in [1.165, 1.54) is 4.31 Å². The van der Waals surface area contributed by atoms with Gasteiger partial charge in [-0.05, 0) is 42.8 Å². The Labute approximate surface area is 127 Å². The standard InChI is InChI=1S/C14H15BrN2O2S/c1-11-9-12(15)6-7-14(11)20(18,19)17(2)10-13-5-3-4-8-16-13/h3-9H,10H2,1-2H3. The molecule has 1 aromatic carbocycles. The number of hydrogen-bond acceptors (Lipinski definition) is 3. The monoisotopic (exact) mass is 354 g/mol. The fourth-order valence-corrected chi connectivity index (χ4v) is 3.69. The highest BCUT2D eigenvalue weighted by Crippen LogP contribution is 2.23. The molecule has 106 valence electrons. The van der Waals surface area contributed by atoms with Gasteiger partial charge in [0.2, 0.25) is 10.0 Å². The molecule has 0 radical (unpaired) electrons. The highest BCUT2D eigenvalue weighted by molar-refractivity contribution is 9.10. The van der Waals surface area contributed by atoms with Gasteiger partial charge in [-0.1, -0.05) is 22.0 Å². The molecule has 1 aromatic heterocycles. The molecule has 0 amide bonds. The molecule has 0 atom stereocenters. The Balaban J connectivity index is 2.30. The number of hydrogen-bond donors (Lipinski definition) is 0. The summed E-state index contributed by atoms with van der Waals surface area (Å²) in [7, 11) is -1.95. The largest absolute Gasteiger partial charge is 0.260 e. The smallest absolute Gasteiger partial charge is 0.243 e. The molecule has 2 rings (SSSR count). The van der Waals surface area contributed by atoms with Crippen LogP contribution in [0, 0.1) is 6.92 Å². The molecule has 0 saturated heterocycles. The van der Waals surface area contributed by atoms with Crippen LogP contribution in [-0.4, -0.2) is 24.8 Å². The molecule has 0 aliphatic heterocycles. The van der Waals surface area contributed by atoms with E-state index in [-0.39, 0.29) is 6.54 Å². The average Bonchev–Trinajstić information content (AvgIpc) is 2.39. The zero-order valence-corrected chi connectivity index (χ0v) is 13.6. The average molecular weight is 355 g/mol. The van der Waals surface area contributed by atoms with E-state index in [4.69, 9.17) is 0 Å². The van der Waals surface area contributed by atoms with Crippen molar-refractivity contribution in [2.24, 2.45) is 0 Å². The van der Waals surface area contributed by atoms with Crippen molar-refractivity contribution in [3.05, 3.63) is 58.3 Å². The van der Waals surface area contributed by atoms with E-state index in [0.717, 1.165) is 4.47 Å². The van der Waals surface area contributed by atoms with E-state index < -0.39 is 10.0 Å². The summed E-state index contributed by atoms with van der Waals surface area (Å²) in [5, 5.41) is 0. The minimum absolute atomic E-state index is 0.249. The maximum atomic E-state index is 12.6. The van der Waals surface area contributed by atoms with Crippen LogP contribution in [0.2, 0.25) is 0 Å². The van der Waals surface area contributed by atoms with Gasteiger partial charge in [-0.2, -0.15) is 4.31 Å². The lowest BCUT2D eigenvalue weighted by Crippen LogP contribution is -2.27. The van der Waals surface area contributed by atoms with Gasteiger partial charge in [-0.25, -0.2) is 8.42 Å². The summed E-state index contributed by atoms with van der Waals surface area (Å²) >= 11 is 3.34. The lowest BCUT2D eigenvalue weighted by molar-refractivity contribution is 0.461. The van der Waals surface area contributed by atoms with Crippen LogP contribution in [0.15, 0.2) is 52.0 Å². The third-order valence-electron chi connectivity index (χ3n) is 2.94. The zero-order valence-electron chi connectivity index (χ0n) is 11.2. The molecule has 6 heteroatoms. The van der Waals surface area contributed by atoms with E-state index >= 15 is 0 Å². The van der Waals surface area contributed by atoms with Gasteiger partial charge < -0.3 is 0 Å². The SMILES string of the molecule is Cc1cc(Br)ccc1S(=O)(=O)N(C)Cc1ccccn1. The van der Waals surface area contributed by atoms with Crippen molar-refractivity contribution < 1.29 is 8.42 Å². The summed E-state index contributed by atoms with van der Waals surface area (Å²) in [5.74, 6) is 0. The molecule has 0 aliphatic carbocycles. The van der Waals surface area contributed by atoms with Gasteiger partial charge in [0.1, 0.15) is 0 Å². The second-order valence-electron chi connectivity index (χ2n) is 4.49. The number of sulfonamides is 1. The highest BCUT2D eigenvalue weighted by atomic mass is 79.9. The first-order chi connectivity index (χ1) is 9.41. The van der Waals surface area contributed by atoms with Crippen molar-refractivity contribution in [3.8, 4) is 0 Å². The molecule has 0 N–H and O–H groups in total. The third kappa shape index (κ3) is 3.26. The summed E-state index contributed by atoms with van der Waals surface area (Å²) < 4.78 is 27.3. The molecule has 20 heavy (non-hydrogen) atoms. The van der Waals surface area contributed by atoms with Crippen molar-refractivity contribution in [1.82, 2.24) is 9.29 Å². The second kappa shape index (κ2) is 6.03. The number of aryl methyl sites for hydroxylation is 1. The van der Waals surface area contributed by atoms with Crippen LogP contribution < -0.4 is 0 Å². The van der Waals surface area contributed by atoms with Crippen LogP contribution in [0.3, 0.4) is 0 Å². The minimum Gasteiger partial charge on any atom is -0.260 e. The molecule has 0 aliphatic rings. The number of halogens is 1. The number of rotatable bonds is 4. The van der Waals surface area contributed by atoms with Crippen molar-refractivity contribution in [1.29, 1.82) is 0 Å². The summed E-state index contributed by atoms with van der Waals surface area (Å²) in [6, 6.07) is 10.6. The van der Waals surface area contributed by atoms with Crippen LogP contribution in [0.4, 0.5) is 0 Å². The Hall–Kier alpha value is -1.24. The maximum absolute atomic E-state index is 12.6. The number of aromatic nitrogens is 1. The first kappa shape index (κ1) is 15.2. The maximum Gasteiger partial charge on any atom is 0.243 e. The predicted molar refractivity (Wildman–Crippen MR) is 81.8 cm³/mol. The van der Waals surface area contributed by atoms with Crippen LogP contribution in [0.25, 0.3) is 0 Å². The molecule has 2 aromatic rings. The molecule has 0 spiro atoms. The Kier molecular flexibility index (Phi) is 4.57. The van der Waals surface area contributed by atoms with Crippen LogP contribution in [-0.2, 0) is 16.6 Å². The topological polar surface area (TPSA) is 50.3 Å². The van der Waals surface area contributed by atoms with E-state index in [0.29, 0.717) is 16.2 Å². The van der Waals surface area contributed by atoms with Gasteiger partial charge in [-0.3, -0.25) is 4.98 Å². The van der Waals surface area contributed by atoms with Crippen molar-refractivity contribution >= 4 is 26.0 Å². The Bertz CT molecular complexity index is 702. The summed E-state index contributed by atoms with van der Waals surface area (Å²) in [4.78, 5) is 4.47. The second-order valence-corrected chi connectivity index (χ2v) is 7.42. The van der Waals surface area contributed by atoms with Gasteiger partial charge in [-0.15, -0.1) is 0 Å². The zero-order chi connectivity index (χ0) is 14.8. The van der Waals surface area contributed by atoms with Gasteiger partial charge in [0.05, 0.1) is 17.1 Å². The first-order valence-corrected chi connectivity index (χ1v) is 8.27. The molecular weight excluding hydrogens is 340 g/mol. The summed E-state index contributed by atoms with van der Waals surface area (Å²) in [5.41, 5.74) is 1.43. The Morgan fingerprint density at radius 2 is 2.00 bits per heavy atom. The van der Waals surface area contributed by atoms with E-state index in [2.05, 4.69) is 20.9 Å². The van der Waals surface area contributed by atoms with Gasteiger partial charge in [0.25, 0.3) is 0 Å². The molecule has 4 nitrogen and oxygen atoms in total. The van der Waals surface area contributed by atoms with Gasteiger partial charge in [0, 0.05) is 17.7 Å². The number of nitrogens with zero attached hydrogens (tertiary/aromatic N) is 2. The van der Waals surface area contributed by atoms with Crippen molar-refractivity contribution in [2.45, 2.75) is 18.4 Å². The molecule has 0 bridgehead atoms. The highest BCUT2D eigenvalue weighted by Gasteiger charge is 2.23. The van der Waals surface area contributed by atoms with Crippen molar-refractivity contribution in [3.63, 3.8) is 0 Å². The van der Waals surface area contributed by atoms with Gasteiger partial charge in [0.15, 0.2) is 0 Å². The summed E-state index contributed by atoms with van der Waals surface area (Å²) in [6.07, 6.45) is 1.65.